The number of nitrogens with one attached hydrogen (secondary N) is 1. The van der Waals surface area contributed by atoms with E-state index in [4.69, 9.17) is 9.47 Å². The van der Waals surface area contributed by atoms with Crippen LogP contribution in [0.5, 0.6) is 5.75 Å². The third kappa shape index (κ3) is 4.96. The minimum absolute atomic E-state index is 0.708. The molecule has 1 N–H and O–H groups in total. The lowest BCUT2D eigenvalue weighted by molar-refractivity contribution is 0.0661. The average Bonchev–Trinajstić information content (AvgIpc) is 2.40. The van der Waals surface area contributed by atoms with Crippen LogP contribution in [0.15, 0.2) is 28.7 Å². The maximum atomic E-state index is 5.66. The number of benzene rings is 1. The minimum atomic E-state index is 0.708. The zero-order valence-corrected chi connectivity index (χ0v) is 12.1. The van der Waals surface area contributed by atoms with Crippen molar-refractivity contribution < 1.29 is 9.47 Å². The Labute approximate surface area is 117 Å². The summed E-state index contributed by atoms with van der Waals surface area (Å²) in [5.74, 6) is 1.68. The van der Waals surface area contributed by atoms with Crippen molar-refractivity contribution >= 4 is 15.9 Å². The SMILES string of the molecule is Brc1cccc(OCCNCC2CCOCC2)c1. The van der Waals surface area contributed by atoms with Crippen LogP contribution < -0.4 is 10.1 Å². The Morgan fingerprint density at radius 1 is 1.33 bits per heavy atom. The highest BCUT2D eigenvalue weighted by molar-refractivity contribution is 9.10. The summed E-state index contributed by atoms with van der Waals surface area (Å²) in [4.78, 5) is 0. The average molecular weight is 314 g/mol. The quantitative estimate of drug-likeness (QED) is 0.819. The fourth-order valence-electron chi connectivity index (χ4n) is 2.05. The molecule has 0 bridgehead atoms. The molecule has 0 saturated carbocycles. The van der Waals surface area contributed by atoms with Gasteiger partial charge in [0.2, 0.25) is 0 Å². The Morgan fingerprint density at radius 3 is 2.94 bits per heavy atom. The topological polar surface area (TPSA) is 30.5 Å². The summed E-state index contributed by atoms with van der Waals surface area (Å²) >= 11 is 3.43. The number of halogens is 1. The van der Waals surface area contributed by atoms with Crippen molar-refractivity contribution in [2.75, 3.05) is 32.9 Å². The summed E-state index contributed by atoms with van der Waals surface area (Å²) < 4.78 is 12.0. The van der Waals surface area contributed by atoms with E-state index < -0.39 is 0 Å². The molecule has 0 aromatic heterocycles. The molecule has 4 heteroatoms. The van der Waals surface area contributed by atoms with Crippen LogP contribution in [-0.4, -0.2) is 32.9 Å². The lowest BCUT2D eigenvalue weighted by Crippen LogP contribution is -2.30. The van der Waals surface area contributed by atoms with Gasteiger partial charge < -0.3 is 14.8 Å². The highest BCUT2D eigenvalue weighted by Gasteiger charge is 2.12. The molecule has 0 atom stereocenters. The monoisotopic (exact) mass is 313 g/mol. The van der Waals surface area contributed by atoms with Gasteiger partial charge in [-0.1, -0.05) is 22.0 Å². The van der Waals surface area contributed by atoms with Crippen LogP contribution in [0.25, 0.3) is 0 Å². The molecule has 100 valence electrons. The van der Waals surface area contributed by atoms with Crippen molar-refractivity contribution in [1.29, 1.82) is 0 Å². The van der Waals surface area contributed by atoms with Crippen LogP contribution in [0.3, 0.4) is 0 Å². The van der Waals surface area contributed by atoms with E-state index >= 15 is 0 Å². The maximum Gasteiger partial charge on any atom is 0.120 e. The molecule has 1 aromatic rings. The van der Waals surface area contributed by atoms with Crippen LogP contribution in [0.2, 0.25) is 0 Å². The fourth-order valence-corrected chi connectivity index (χ4v) is 2.43. The van der Waals surface area contributed by atoms with Gasteiger partial charge in [0.25, 0.3) is 0 Å². The van der Waals surface area contributed by atoms with Gasteiger partial charge in [-0.25, -0.2) is 0 Å². The van der Waals surface area contributed by atoms with Crippen LogP contribution in [-0.2, 0) is 4.74 Å². The molecular formula is C14H20BrNO2. The number of ether oxygens (including phenoxy) is 2. The minimum Gasteiger partial charge on any atom is -0.492 e. The molecule has 0 spiro atoms. The van der Waals surface area contributed by atoms with E-state index in [1.165, 1.54) is 12.8 Å². The van der Waals surface area contributed by atoms with Crippen LogP contribution in [0.1, 0.15) is 12.8 Å². The summed E-state index contributed by atoms with van der Waals surface area (Å²) in [6, 6.07) is 7.94. The molecule has 0 amide bonds. The van der Waals surface area contributed by atoms with E-state index in [1.54, 1.807) is 0 Å². The fraction of sp³-hybridized carbons (Fsp3) is 0.571. The standard InChI is InChI=1S/C14H20BrNO2/c15-13-2-1-3-14(10-13)18-9-6-16-11-12-4-7-17-8-5-12/h1-3,10,12,16H,4-9,11H2. The predicted octanol–water partition coefficient (Wildman–Crippen LogP) is 2.84. The molecule has 18 heavy (non-hydrogen) atoms. The molecule has 1 fully saturated rings. The van der Waals surface area contributed by atoms with Crippen LogP contribution in [0.4, 0.5) is 0 Å². The molecule has 1 saturated heterocycles. The lowest BCUT2D eigenvalue weighted by Gasteiger charge is -2.22. The van der Waals surface area contributed by atoms with E-state index in [1.807, 2.05) is 24.3 Å². The van der Waals surface area contributed by atoms with Gasteiger partial charge >= 0.3 is 0 Å². The number of rotatable bonds is 6. The molecule has 1 aliphatic heterocycles. The molecule has 1 aliphatic rings. The van der Waals surface area contributed by atoms with Crippen LogP contribution >= 0.6 is 15.9 Å². The predicted molar refractivity (Wildman–Crippen MR) is 76.0 cm³/mol. The molecule has 0 unspecified atom stereocenters. The summed E-state index contributed by atoms with van der Waals surface area (Å²) in [5, 5.41) is 3.45. The van der Waals surface area contributed by atoms with Crippen molar-refractivity contribution in [3.05, 3.63) is 28.7 Å². The second-order valence-electron chi connectivity index (χ2n) is 4.57. The summed E-state index contributed by atoms with van der Waals surface area (Å²) in [6.45, 7) is 4.51. The molecule has 3 nitrogen and oxygen atoms in total. The second kappa shape index (κ2) is 7.77. The van der Waals surface area contributed by atoms with Crippen molar-refractivity contribution in [3.8, 4) is 5.75 Å². The first-order chi connectivity index (χ1) is 8.84. The molecular weight excluding hydrogens is 294 g/mol. The van der Waals surface area contributed by atoms with Crippen molar-refractivity contribution in [2.45, 2.75) is 12.8 Å². The lowest BCUT2D eigenvalue weighted by atomic mass is 10.0. The molecule has 0 aliphatic carbocycles. The summed E-state index contributed by atoms with van der Waals surface area (Å²) in [7, 11) is 0. The largest absolute Gasteiger partial charge is 0.492 e. The van der Waals surface area contributed by atoms with E-state index in [0.717, 1.165) is 42.4 Å². The zero-order chi connectivity index (χ0) is 12.6. The highest BCUT2D eigenvalue weighted by atomic mass is 79.9. The Kier molecular flexibility index (Phi) is 5.97. The van der Waals surface area contributed by atoms with Gasteiger partial charge in [-0.15, -0.1) is 0 Å². The van der Waals surface area contributed by atoms with Gasteiger partial charge in [0.15, 0.2) is 0 Å². The Hall–Kier alpha value is -0.580. The highest BCUT2D eigenvalue weighted by Crippen LogP contribution is 2.17. The first-order valence-electron chi connectivity index (χ1n) is 6.51. The molecule has 0 radical (unpaired) electrons. The van der Waals surface area contributed by atoms with Gasteiger partial charge in [0.1, 0.15) is 12.4 Å². The number of hydrogen-bond donors (Lipinski definition) is 1. The normalized spacial score (nSPS) is 16.7. The first kappa shape index (κ1) is 13.8. The van der Waals surface area contributed by atoms with Crippen molar-refractivity contribution in [2.24, 2.45) is 5.92 Å². The Bertz CT molecular complexity index is 353. The van der Waals surface area contributed by atoms with E-state index in [9.17, 15) is 0 Å². The van der Waals surface area contributed by atoms with E-state index in [2.05, 4.69) is 21.2 Å². The molecule has 1 heterocycles. The second-order valence-corrected chi connectivity index (χ2v) is 5.48. The Morgan fingerprint density at radius 2 is 2.17 bits per heavy atom. The zero-order valence-electron chi connectivity index (χ0n) is 10.5. The van der Waals surface area contributed by atoms with E-state index in [-0.39, 0.29) is 0 Å². The Balaban J connectivity index is 1.55. The third-order valence-electron chi connectivity index (χ3n) is 3.12. The maximum absolute atomic E-state index is 5.66. The smallest absolute Gasteiger partial charge is 0.120 e. The number of hydrogen-bond acceptors (Lipinski definition) is 3. The van der Waals surface area contributed by atoms with Gasteiger partial charge in [-0.2, -0.15) is 0 Å². The van der Waals surface area contributed by atoms with Crippen molar-refractivity contribution in [1.82, 2.24) is 5.32 Å². The molecule has 1 aromatic carbocycles. The van der Waals surface area contributed by atoms with Gasteiger partial charge in [0, 0.05) is 24.2 Å². The van der Waals surface area contributed by atoms with Gasteiger partial charge in [-0.3, -0.25) is 0 Å². The van der Waals surface area contributed by atoms with E-state index in [0.29, 0.717) is 6.61 Å². The van der Waals surface area contributed by atoms with Gasteiger partial charge in [-0.05, 0) is 43.5 Å². The van der Waals surface area contributed by atoms with Crippen molar-refractivity contribution in [3.63, 3.8) is 0 Å². The summed E-state index contributed by atoms with van der Waals surface area (Å²) in [6.07, 6.45) is 2.36. The van der Waals surface area contributed by atoms with Gasteiger partial charge in [0.05, 0.1) is 0 Å². The third-order valence-corrected chi connectivity index (χ3v) is 3.61. The molecule has 2 rings (SSSR count). The van der Waals surface area contributed by atoms with Crippen LogP contribution in [0, 0.1) is 5.92 Å². The summed E-state index contributed by atoms with van der Waals surface area (Å²) in [5.41, 5.74) is 0. The first-order valence-corrected chi connectivity index (χ1v) is 7.31.